The lowest BCUT2D eigenvalue weighted by atomic mass is 9.94. The summed E-state index contributed by atoms with van der Waals surface area (Å²) in [7, 11) is 0. The molecule has 5 nitrogen and oxygen atoms in total. The molecule has 0 aliphatic carbocycles. The molecule has 1 unspecified atom stereocenters. The minimum atomic E-state index is -0.221. The van der Waals surface area contributed by atoms with Crippen molar-refractivity contribution in [1.29, 1.82) is 0 Å². The van der Waals surface area contributed by atoms with Gasteiger partial charge in [-0.15, -0.1) is 11.3 Å². The lowest BCUT2D eigenvalue weighted by Crippen LogP contribution is -2.31. The van der Waals surface area contributed by atoms with E-state index in [4.69, 9.17) is 11.6 Å². The summed E-state index contributed by atoms with van der Waals surface area (Å²) < 4.78 is 0. The third-order valence-corrected chi connectivity index (χ3v) is 5.50. The van der Waals surface area contributed by atoms with Crippen LogP contribution in [-0.2, 0) is 4.79 Å². The van der Waals surface area contributed by atoms with Crippen LogP contribution in [0.15, 0.2) is 34.7 Å². The third kappa shape index (κ3) is 3.34. The molecule has 0 radical (unpaired) electrons. The van der Waals surface area contributed by atoms with Crippen LogP contribution in [0.3, 0.4) is 0 Å². The van der Waals surface area contributed by atoms with Gasteiger partial charge >= 0.3 is 0 Å². The van der Waals surface area contributed by atoms with Crippen molar-refractivity contribution in [2.75, 3.05) is 5.32 Å². The Balaban J connectivity index is 1.74. The van der Waals surface area contributed by atoms with E-state index in [0.717, 1.165) is 16.8 Å². The first-order valence-electron chi connectivity index (χ1n) is 7.47. The van der Waals surface area contributed by atoms with E-state index in [2.05, 4.69) is 15.8 Å². The van der Waals surface area contributed by atoms with Crippen LogP contribution in [0.25, 0.3) is 0 Å². The van der Waals surface area contributed by atoms with E-state index in [1.165, 1.54) is 11.3 Å². The smallest absolute Gasteiger partial charge is 0.267 e. The van der Waals surface area contributed by atoms with Crippen LogP contribution in [-0.4, -0.2) is 17.5 Å². The number of hydrogen-bond acceptors (Lipinski definition) is 4. The van der Waals surface area contributed by atoms with Gasteiger partial charge in [0, 0.05) is 18.0 Å². The largest absolute Gasteiger partial charge is 0.321 e. The number of aryl methyl sites for hydroxylation is 1. The number of benzene rings is 1. The summed E-state index contributed by atoms with van der Waals surface area (Å²) in [5.41, 5.74) is 5.84. The molecular weight excluding hydrogens is 346 g/mol. The van der Waals surface area contributed by atoms with Gasteiger partial charge in [0.2, 0.25) is 5.91 Å². The average molecular weight is 362 g/mol. The highest BCUT2D eigenvalue weighted by Gasteiger charge is 2.21. The van der Waals surface area contributed by atoms with Gasteiger partial charge in [0.1, 0.15) is 4.88 Å². The summed E-state index contributed by atoms with van der Waals surface area (Å²) in [6.45, 7) is 3.84. The van der Waals surface area contributed by atoms with Crippen LogP contribution in [0.2, 0.25) is 5.02 Å². The number of hydrazone groups is 1. The average Bonchev–Trinajstić information content (AvgIpc) is 2.88. The normalized spacial score (nSPS) is 17.2. The predicted octanol–water partition coefficient (Wildman–Crippen LogP) is 3.82. The van der Waals surface area contributed by atoms with Crippen LogP contribution in [0, 0.1) is 12.8 Å². The zero-order chi connectivity index (χ0) is 17.3. The lowest BCUT2D eigenvalue weighted by molar-refractivity contribution is -0.121. The van der Waals surface area contributed by atoms with Crippen LogP contribution < -0.4 is 10.7 Å². The number of carbonyl (C=O) groups excluding carboxylic acids is 2. The molecule has 0 saturated carbocycles. The molecule has 1 aliphatic rings. The highest BCUT2D eigenvalue weighted by Crippen LogP contribution is 2.28. The Kier molecular flexibility index (Phi) is 4.69. The van der Waals surface area contributed by atoms with Crippen LogP contribution in [0.4, 0.5) is 5.69 Å². The molecule has 2 aromatic rings. The number of rotatable bonds is 3. The zero-order valence-corrected chi connectivity index (χ0v) is 14.8. The number of hydrogen-bond donors (Lipinski definition) is 2. The predicted molar refractivity (Wildman–Crippen MR) is 96.9 cm³/mol. The van der Waals surface area contributed by atoms with E-state index in [1.54, 1.807) is 0 Å². The van der Waals surface area contributed by atoms with Crippen LogP contribution in [0.1, 0.15) is 34.1 Å². The fourth-order valence-corrected chi connectivity index (χ4v) is 3.67. The summed E-state index contributed by atoms with van der Waals surface area (Å²) >= 11 is 7.45. The first-order valence-corrected chi connectivity index (χ1v) is 8.73. The van der Waals surface area contributed by atoms with Crippen molar-refractivity contribution >= 4 is 46.2 Å². The van der Waals surface area contributed by atoms with Gasteiger partial charge in [-0.1, -0.05) is 30.7 Å². The Morgan fingerprint density at radius 1 is 1.38 bits per heavy atom. The van der Waals surface area contributed by atoms with E-state index in [1.807, 2.05) is 43.5 Å². The standard InChI is InChI=1S/C17H16ClN3O2S/c1-9-7-13(22)20-21-15(9)11-3-5-12(6-4-11)19-17(23)16-14(18)10(2)8-24-16/h3-6,8-9H,7H2,1-2H3,(H,19,23)(H,20,22). The van der Waals surface area contributed by atoms with E-state index in [9.17, 15) is 9.59 Å². The molecule has 2 amide bonds. The maximum Gasteiger partial charge on any atom is 0.267 e. The zero-order valence-electron chi connectivity index (χ0n) is 13.2. The molecule has 0 fully saturated rings. The quantitative estimate of drug-likeness (QED) is 0.872. The number of carbonyl (C=O) groups is 2. The van der Waals surface area contributed by atoms with E-state index >= 15 is 0 Å². The van der Waals surface area contributed by atoms with Gasteiger partial charge < -0.3 is 5.32 Å². The highest BCUT2D eigenvalue weighted by atomic mass is 35.5. The topological polar surface area (TPSA) is 70.6 Å². The van der Waals surface area contributed by atoms with Crippen LogP contribution >= 0.6 is 22.9 Å². The Labute approximate surface area is 148 Å². The molecule has 0 saturated heterocycles. The number of anilines is 1. The molecule has 0 bridgehead atoms. The number of amides is 2. The van der Waals surface area contributed by atoms with Gasteiger partial charge in [0.15, 0.2) is 0 Å². The Morgan fingerprint density at radius 3 is 2.67 bits per heavy atom. The van der Waals surface area contributed by atoms with Crippen molar-refractivity contribution in [1.82, 2.24) is 5.43 Å². The summed E-state index contributed by atoms with van der Waals surface area (Å²) in [5.74, 6) is -0.230. The minimum Gasteiger partial charge on any atom is -0.321 e. The van der Waals surface area contributed by atoms with Crippen molar-refractivity contribution in [2.24, 2.45) is 11.0 Å². The Hall–Kier alpha value is -2.18. The summed E-state index contributed by atoms with van der Waals surface area (Å²) in [6, 6.07) is 7.38. The van der Waals surface area contributed by atoms with Gasteiger partial charge in [-0.3, -0.25) is 9.59 Å². The van der Waals surface area contributed by atoms with Gasteiger partial charge in [-0.2, -0.15) is 5.10 Å². The fourth-order valence-electron chi connectivity index (χ4n) is 2.50. The van der Waals surface area contributed by atoms with Crippen molar-refractivity contribution < 1.29 is 9.59 Å². The molecule has 1 aromatic carbocycles. The maximum atomic E-state index is 12.3. The third-order valence-electron chi connectivity index (χ3n) is 3.80. The second kappa shape index (κ2) is 6.75. The molecule has 24 heavy (non-hydrogen) atoms. The number of nitrogens with zero attached hydrogens (tertiary/aromatic N) is 1. The van der Waals surface area contributed by atoms with Crippen molar-refractivity contribution in [3.8, 4) is 0 Å². The molecule has 1 aromatic heterocycles. The molecule has 0 spiro atoms. The Morgan fingerprint density at radius 2 is 2.08 bits per heavy atom. The summed E-state index contributed by atoms with van der Waals surface area (Å²) in [5, 5.41) is 9.32. The molecule has 2 heterocycles. The SMILES string of the molecule is Cc1csc(C(=O)Nc2ccc(C3=NNC(=O)CC3C)cc2)c1Cl. The molecule has 1 aliphatic heterocycles. The van der Waals surface area contributed by atoms with Crippen molar-refractivity contribution in [3.05, 3.63) is 50.7 Å². The van der Waals surface area contributed by atoms with Gasteiger partial charge in [0.25, 0.3) is 5.91 Å². The molecule has 3 rings (SSSR count). The summed E-state index contributed by atoms with van der Waals surface area (Å²) in [4.78, 5) is 24.1. The molecule has 1 atom stereocenters. The number of halogens is 1. The molecular formula is C17H16ClN3O2S. The lowest BCUT2D eigenvalue weighted by Gasteiger charge is -2.19. The number of thiophene rings is 1. The summed E-state index contributed by atoms with van der Waals surface area (Å²) in [6.07, 6.45) is 0.424. The second-order valence-electron chi connectivity index (χ2n) is 5.73. The first-order chi connectivity index (χ1) is 11.5. The minimum absolute atomic E-state index is 0.0621. The highest BCUT2D eigenvalue weighted by molar-refractivity contribution is 7.13. The maximum absolute atomic E-state index is 12.3. The second-order valence-corrected chi connectivity index (χ2v) is 6.99. The monoisotopic (exact) mass is 361 g/mol. The fraction of sp³-hybridized carbons (Fsp3) is 0.235. The van der Waals surface area contributed by atoms with E-state index in [0.29, 0.717) is 22.0 Å². The number of nitrogens with one attached hydrogen (secondary N) is 2. The van der Waals surface area contributed by atoms with Gasteiger partial charge in [0.05, 0.1) is 10.7 Å². The van der Waals surface area contributed by atoms with Crippen molar-refractivity contribution in [3.63, 3.8) is 0 Å². The van der Waals surface area contributed by atoms with Crippen molar-refractivity contribution in [2.45, 2.75) is 20.3 Å². The van der Waals surface area contributed by atoms with Gasteiger partial charge in [-0.05, 0) is 35.6 Å². The molecule has 124 valence electrons. The molecule has 7 heteroatoms. The van der Waals surface area contributed by atoms with E-state index < -0.39 is 0 Å². The first kappa shape index (κ1) is 16.7. The van der Waals surface area contributed by atoms with E-state index in [-0.39, 0.29) is 17.7 Å². The Bertz CT molecular complexity index is 827. The molecule has 2 N–H and O–H groups in total. The van der Waals surface area contributed by atoms with Crippen LogP contribution in [0.5, 0.6) is 0 Å². The van der Waals surface area contributed by atoms with Gasteiger partial charge in [-0.25, -0.2) is 5.43 Å².